The van der Waals surface area contributed by atoms with Gasteiger partial charge in [-0.15, -0.1) is 11.3 Å². The van der Waals surface area contributed by atoms with Crippen molar-refractivity contribution >= 4 is 16.3 Å². The molecule has 3 aromatic heterocycles. The topological polar surface area (TPSA) is 42.5 Å². The lowest BCUT2D eigenvalue weighted by Crippen LogP contribution is -2.23. The van der Waals surface area contributed by atoms with Gasteiger partial charge in [-0.05, 0) is 26.0 Å². The second-order valence-corrected chi connectivity index (χ2v) is 5.90. The minimum Gasteiger partial charge on any atom is -0.469 e. The van der Waals surface area contributed by atoms with Gasteiger partial charge in [-0.2, -0.15) is 0 Å². The molecule has 1 atom stereocenters. The average molecular weight is 289 g/mol. The summed E-state index contributed by atoms with van der Waals surface area (Å²) in [5.74, 6) is 0.953. The lowest BCUT2D eigenvalue weighted by Gasteiger charge is -2.15. The predicted octanol–water partition coefficient (Wildman–Crippen LogP) is 3.58. The van der Waals surface area contributed by atoms with Crippen LogP contribution in [0.4, 0.5) is 0 Å². The molecule has 3 aromatic rings. The molecule has 1 unspecified atom stereocenters. The summed E-state index contributed by atoms with van der Waals surface area (Å²) < 4.78 is 7.52. The monoisotopic (exact) mass is 289 g/mol. The number of nitrogens with zero attached hydrogens (tertiary/aromatic N) is 2. The van der Waals surface area contributed by atoms with Gasteiger partial charge in [0.25, 0.3) is 0 Å². The van der Waals surface area contributed by atoms with Crippen molar-refractivity contribution in [2.24, 2.45) is 0 Å². The van der Waals surface area contributed by atoms with Gasteiger partial charge in [-0.25, -0.2) is 4.98 Å². The molecule has 0 aliphatic carbocycles. The minimum atomic E-state index is 0.261. The van der Waals surface area contributed by atoms with Crippen molar-refractivity contribution in [2.75, 3.05) is 6.54 Å². The summed E-state index contributed by atoms with van der Waals surface area (Å²) >= 11 is 1.67. The Labute approximate surface area is 122 Å². The van der Waals surface area contributed by atoms with Crippen LogP contribution in [0.1, 0.15) is 36.4 Å². The molecule has 5 heteroatoms. The van der Waals surface area contributed by atoms with Crippen LogP contribution in [0, 0.1) is 6.92 Å². The molecular weight excluding hydrogens is 270 g/mol. The molecule has 3 heterocycles. The normalized spacial score (nSPS) is 13.1. The molecule has 106 valence electrons. The number of fused-ring (bicyclic) bond motifs is 1. The zero-order chi connectivity index (χ0) is 13.9. The van der Waals surface area contributed by atoms with E-state index in [1.807, 2.05) is 19.4 Å². The molecular formula is C15H19N3OS. The Morgan fingerprint density at radius 1 is 1.50 bits per heavy atom. The van der Waals surface area contributed by atoms with Crippen LogP contribution in [0.15, 0.2) is 34.5 Å². The number of aryl methyl sites for hydroxylation is 1. The van der Waals surface area contributed by atoms with E-state index in [0.717, 1.165) is 35.8 Å². The first-order valence-corrected chi connectivity index (χ1v) is 7.83. The Morgan fingerprint density at radius 2 is 2.40 bits per heavy atom. The molecule has 0 spiro atoms. The standard InChI is InChI=1S/C15H19N3OS/c1-3-4-16-14(12-7-11(2)19-10-12)8-13-9-18-5-6-20-15(18)17-13/h5-7,9-10,14,16H,3-4,8H2,1-2H3. The summed E-state index contributed by atoms with van der Waals surface area (Å²) in [6, 6.07) is 2.36. The van der Waals surface area contributed by atoms with E-state index in [1.165, 1.54) is 5.56 Å². The zero-order valence-corrected chi connectivity index (χ0v) is 12.6. The van der Waals surface area contributed by atoms with Crippen LogP contribution >= 0.6 is 11.3 Å². The maximum atomic E-state index is 5.44. The molecule has 4 nitrogen and oxygen atoms in total. The fourth-order valence-electron chi connectivity index (χ4n) is 2.36. The smallest absolute Gasteiger partial charge is 0.193 e. The van der Waals surface area contributed by atoms with Crippen molar-refractivity contribution in [1.82, 2.24) is 14.7 Å². The highest BCUT2D eigenvalue weighted by Gasteiger charge is 2.16. The van der Waals surface area contributed by atoms with Crippen molar-refractivity contribution in [3.05, 3.63) is 47.1 Å². The van der Waals surface area contributed by atoms with Gasteiger partial charge in [0.05, 0.1) is 12.0 Å². The summed E-state index contributed by atoms with van der Waals surface area (Å²) in [6.45, 7) is 5.15. The molecule has 20 heavy (non-hydrogen) atoms. The van der Waals surface area contributed by atoms with Crippen molar-refractivity contribution in [2.45, 2.75) is 32.7 Å². The van der Waals surface area contributed by atoms with Crippen LogP contribution in [0.2, 0.25) is 0 Å². The van der Waals surface area contributed by atoms with E-state index in [-0.39, 0.29) is 6.04 Å². The molecule has 0 aliphatic rings. The van der Waals surface area contributed by atoms with Gasteiger partial charge in [0.2, 0.25) is 0 Å². The van der Waals surface area contributed by atoms with Gasteiger partial charge in [0.1, 0.15) is 5.76 Å². The van der Waals surface area contributed by atoms with Crippen LogP contribution in [-0.2, 0) is 6.42 Å². The molecule has 0 aliphatic heterocycles. The number of hydrogen-bond donors (Lipinski definition) is 1. The second-order valence-electron chi connectivity index (χ2n) is 5.03. The van der Waals surface area contributed by atoms with Gasteiger partial charge in [-0.1, -0.05) is 6.92 Å². The van der Waals surface area contributed by atoms with Crippen molar-refractivity contribution in [3.8, 4) is 0 Å². The Hall–Kier alpha value is -1.59. The van der Waals surface area contributed by atoms with E-state index in [1.54, 1.807) is 11.3 Å². The van der Waals surface area contributed by atoms with Gasteiger partial charge in [0, 0.05) is 35.8 Å². The van der Waals surface area contributed by atoms with Crippen molar-refractivity contribution in [3.63, 3.8) is 0 Å². The van der Waals surface area contributed by atoms with Crippen LogP contribution in [-0.4, -0.2) is 15.9 Å². The molecule has 3 rings (SSSR count). The van der Waals surface area contributed by atoms with E-state index in [0.29, 0.717) is 0 Å². The van der Waals surface area contributed by atoms with E-state index < -0.39 is 0 Å². The Balaban J connectivity index is 1.80. The quantitative estimate of drug-likeness (QED) is 0.754. The Bertz CT molecular complexity index is 653. The fourth-order valence-corrected chi connectivity index (χ4v) is 3.08. The number of thiazole rings is 1. The molecule has 0 radical (unpaired) electrons. The van der Waals surface area contributed by atoms with Gasteiger partial charge < -0.3 is 9.73 Å². The number of furan rings is 1. The SMILES string of the molecule is CCCNC(Cc1cn2ccsc2n1)c1coc(C)c1. The third-order valence-corrected chi connectivity index (χ3v) is 4.12. The summed E-state index contributed by atoms with van der Waals surface area (Å²) in [5, 5.41) is 5.63. The first-order valence-electron chi connectivity index (χ1n) is 6.95. The second kappa shape index (κ2) is 5.81. The largest absolute Gasteiger partial charge is 0.469 e. The highest BCUT2D eigenvalue weighted by Crippen LogP contribution is 2.21. The van der Waals surface area contributed by atoms with Gasteiger partial charge >= 0.3 is 0 Å². The summed E-state index contributed by atoms with van der Waals surface area (Å²) in [5.41, 5.74) is 2.32. The fraction of sp³-hybridized carbons (Fsp3) is 0.400. The van der Waals surface area contributed by atoms with Crippen LogP contribution in [0.25, 0.3) is 4.96 Å². The highest BCUT2D eigenvalue weighted by atomic mass is 32.1. The van der Waals surface area contributed by atoms with Crippen molar-refractivity contribution < 1.29 is 4.42 Å². The molecule has 0 bridgehead atoms. The first kappa shape index (κ1) is 13.4. The highest BCUT2D eigenvalue weighted by molar-refractivity contribution is 7.15. The maximum Gasteiger partial charge on any atom is 0.193 e. The van der Waals surface area contributed by atoms with Gasteiger partial charge in [-0.3, -0.25) is 4.40 Å². The molecule has 0 saturated carbocycles. The number of aromatic nitrogens is 2. The van der Waals surface area contributed by atoms with E-state index >= 15 is 0 Å². The summed E-state index contributed by atoms with van der Waals surface area (Å²) in [4.78, 5) is 5.72. The summed E-state index contributed by atoms with van der Waals surface area (Å²) in [6.07, 6.45) is 8.01. The maximum absolute atomic E-state index is 5.44. The Morgan fingerprint density at radius 3 is 3.10 bits per heavy atom. The van der Waals surface area contributed by atoms with Gasteiger partial charge in [0.15, 0.2) is 4.96 Å². The van der Waals surface area contributed by atoms with E-state index in [2.05, 4.69) is 39.3 Å². The predicted molar refractivity (Wildman–Crippen MR) is 81.3 cm³/mol. The lowest BCUT2D eigenvalue weighted by atomic mass is 10.1. The van der Waals surface area contributed by atoms with Crippen LogP contribution in [0.3, 0.4) is 0 Å². The summed E-state index contributed by atoms with van der Waals surface area (Å²) in [7, 11) is 0. The molecule has 1 N–H and O–H groups in total. The van der Waals surface area contributed by atoms with E-state index in [9.17, 15) is 0 Å². The third kappa shape index (κ3) is 2.78. The van der Waals surface area contributed by atoms with E-state index in [4.69, 9.17) is 4.42 Å². The number of nitrogens with one attached hydrogen (secondary N) is 1. The van der Waals surface area contributed by atoms with Crippen molar-refractivity contribution in [1.29, 1.82) is 0 Å². The molecule has 0 fully saturated rings. The molecule has 0 saturated heterocycles. The Kier molecular flexibility index (Phi) is 3.89. The number of hydrogen-bond acceptors (Lipinski definition) is 4. The number of rotatable bonds is 6. The zero-order valence-electron chi connectivity index (χ0n) is 11.8. The first-order chi connectivity index (χ1) is 9.76. The molecule has 0 aromatic carbocycles. The minimum absolute atomic E-state index is 0.261. The lowest BCUT2D eigenvalue weighted by molar-refractivity contribution is 0.501. The van der Waals surface area contributed by atoms with Crippen LogP contribution < -0.4 is 5.32 Å². The number of imidazole rings is 1. The third-order valence-electron chi connectivity index (χ3n) is 3.35. The molecule has 0 amide bonds. The van der Waals surface area contributed by atoms with Crippen LogP contribution in [0.5, 0.6) is 0 Å². The average Bonchev–Trinajstić information content (AvgIpc) is 3.09.